The quantitative estimate of drug-likeness (QED) is 0.442. The van der Waals surface area contributed by atoms with Gasteiger partial charge in [-0.25, -0.2) is 4.79 Å². The van der Waals surface area contributed by atoms with Gasteiger partial charge in [-0.2, -0.15) is 0 Å². The highest BCUT2D eigenvalue weighted by atomic mass is 16.6. The van der Waals surface area contributed by atoms with Crippen molar-refractivity contribution in [2.24, 2.45) is 0 Å². The molecular weight excluding hydrogens is 366 g/mol. The van der Waals surface area contributed by atoms with Gasteiger partial charge in [0.25, 0.3) is 11.7 Å². The Hall–Kier alpha value is -3.49. The monoisotopic (exact) mass is 385 g/mol. The molecule has 0 saturated heterocycles. The lowest BCUT2D eigenvalue weighted by atomic mass is 10.0. The molecule has 0 spiro atoms. The van der Waals surface area contributed by atoms with Gasteiger partial charge in [0.05, 0.1) is 18.7 Å². The Morgan fingerprint density at radius 3 is 2.75 bits per heavy atom. The smallest absolute Gasteiger partial charge is 0.366 e. The van der Waals surface area contributed by atoms with E-state index in [1.807, 2.05) is 0 Å². The Morgan fingerprint density at radius 1 is 1.32 bits per heavy atom. The van der Waals surface area contributed by atoms with Gasteiger partial charge in [0.15, 0.2) is 11.4 Å². The van der Waals surface area contributed by atoms with Crippen LogP contribution in [0.3, 0.4) is 0 Å². The minimum Gasteiger partial charge on any atom is -0.472 e. The summed E-state index contributed by atoms with van der Waals surface area (Å²) in [7, 11) is 0. The van der Waals surface area contributed by atoms with Crippen LogP contribution in [-0.4, -0.2) is 34.0 Å². The molecule has 1 aliphatic heterocycles. The Kier molecular flexibility index (Phi) is 5.00. The van der Waals surface area contributed by atoms with Crippen LogP contribution < -0.4 is 9.64 Å². The largest absolute Gasteiger partial charge is 0.472 e. The zero-order valence-electron chi connectivity index (χ0n) is 15.7. The Labute approximate surface area is 161 Å². The van der Waals surface area contributed by atoms with E-state index < -0.39 is 22.4 Å². The minimum absolute atomic E-state index is 0.0695. The molecule has 9 nitrogen and oxygen atoms in total. The fourth-order valence-corrected chi connectivity index (χ4v) is 2.88. The van der Waals surface area contributed by atoms with Crippen LogP contribution in [0.1, 0.15) is 36.7 Å². The average molecular weight is 385 g/mol. The number of nitrogens with zero attached hydrogens (tertiary/aromatic N) is 3. The maximum absolute atomic E-state index is 12.9. The standard InChI is InChI=1S/C19H19N3O6/c1-4-27-17(23)13-7-5-6-12(10-13)11-21-16-14(28-19(2,3)18(21)24)8-9-15(20-16)22(25)26/h5-10H,4,11H2,1-3H3. The van der Waals surface area contributed by atoms with Crippen LogP contribution in [0.5, 0.6) is 5.75 Å². The number of hydrogen-bond acceptors (Lipinski definition) is 7. The summed E-state index contributed by atoms with van der Waals surface area (Å²) in [5.74, 6) is -0.904. The van der Waals surface area contributed by atoms with E-state index in [2.05, 4.69) is 4.98 Å². The van der Waals surface area contributed by atoms with Crippen LogP contribution in [0.2, 0.25) is 0 Å². The third kappa shape index (κ3) is 3.64. The number of esters is 1. The van der Waals surface area contributed by atoms with Crippen LogP contribution in [0.25, 0.3) is 0 Å². The molecule has 0 fully saturated rings. The third-order valence-electron chi connectivity index (χ3n) is 4.17. The first-order valence-corrected chi connectivity index (χ1v) is 8.65. The molecule has 1 aromatic heterocycles. The molecule has 0 radical (unpaired) electrons. The van der Waals surface area contributed by atoms with Gasteiger partial charge in [-0.3, -0.25) is 9.69 Å². The van der Waals surface area contributed by atoms with Gasteiger partial charge in [0.2, 0.25) is 0 Å². The van der Waals surface area contributed by atoms with Crippen molar-refractivity contribution in [1.29, 1.82) is 0 Å². The lowest BCUT2D eigenvalue weighted by Gasteiger charge is -2.35. The number of fused-ring (bicyclic) bond motifs is 1. The van der Waals surface area contributed by atoms with E-state index in [1.54, 1.807) is 45.0 Å². The number of ether oxygens (including phenoxy) is 2. The molecule has 1 aliphatic rings. The lowest BCUT2D eigenvalue weighted by Crippen LogP contribution is -2.52. The predicted molar refractivity (Wildman–Crippen MR) is 99.2 cm³/mol. The maximum atomic E-state index is 12.9. The highest BCUT2D eigenvalue weighted by Gasteiger charge is 2.44. The molecule has 0 bridgehead atoms. The topological polar surface area (TPSA) is 112 Å². The van der Waals surface area contributed by atoms with Crippen molar-refractivity contribution in [2.75, 3.05) is 11.5 Å². The Bertz CT molecular complexity index is 956. The first-order chi connectivity index (χ1) is 13.2. The Morgan fingerprint density at radius 2 is 2.07 bits per heavy atom. The van der Waals surface area contributed by atoms with E-state index in [4.69, 9.17) is 9.47 Å². The molecule has 0 aliphatic carbocycles. The summed E-state index contributed by atoms with van der Waals surface area (Å²) in [5.41, 5.74) is -0.161. The zero-order chi connectivity index (χ0) is 20.5. The Balaban J connectivity index is 2.00. The normalized spacial score (nSPS) is 14.8. The van der Waals surface area contributed by atoms with Crippen LogP contribution in [0, 0.1) is 10.1 Å². The zero-order valence-corrected chi connectivity index (χ0v) is 15.7. The van der Waals surface area contributed by atoms with Crippen LogP contribution in [-0.2, 0) is 16.1 Å². The van der Waals surface area contributed by atoms with Crippen molar-refractivity contribution in [3.8, 4) is 5.75 Å². The molecule has 28 heavy (non-hydrogen) atoms. The summed E-state index contributed by atoms with van der Waals surface area (Å²) >= 11 is 0. The van der Waals surface area contributed by atoms with E-state index in [9.17, 15) is 19.7 Å². The number of nitro groups is 1. The van der Waals surface area contributed by atoms with Gasteiger partial charge in [-0.1, -0.05) is 12.1 Å². The average Bonchev–Trinajstić information content (AvgIpc) is 2.65. The number of anilines is 1. The SMILES string of the molecule is CCOC(=O)c1cccc(CN2C(=O)C(C)(C)Oc3ccc([N+](=O)[O-])nc32)c1. The van der Waals surface area contributed by atoms with Crippen LogP contribution in [0.4, 0.5) is 11.6 Å². The van der Waals surface area contributed by atoms with Gasteiger partial charge in [0.1, 0.15) is 0 Å². The molecule has 2 heterocycles. The molecule has 0 unspecified atom stereocenters. The number of carbonyl (C=O) groups excluding carboxylic acids is 2. The fourth-order valence-electron chi connectivity index (χ4n) is 2.88. The van der Waals surface area contributed by atoms with E-state index in [0.717, 1.165) is 0 Å². The van der Waals surface area contributed by atoms with E-state index in [0.29, 0.717) is 11.1 Å². The van der Waals surface area contributed by atoms with E-state index >= 15 is 0 Å². The molecule has 2 aromatic rings. The summed E-state index contributed by atoms with van der Waals surface area (Å²) in [6.45, 7) is 5.26. The van der Waals surface area contributed by atoms with Crippen molar-refractivity contribution in [2.45, 2.75) is 32.9 Å². The highest BCUT2D eigenvalue weighted by molar-refractivity contribution is 6.01. The van der Waals surface area contributed by atoms with Crippen LogP contribution in [0.15, 0.2) is 36.4 Å². The number of carbonyl (C=O) groups is 2. The number of amides is 1. The highest BCUT2D eigenvalue weighted by Crippen LogP contribution is 2.38. The molecule has 0 N–H and O–H groups in total. The van der Waals surface area contributed by atoms with Crippen molar-refractivity contribution in [1.82, 2.24) is 4.98 Å². The molecule has 9 heteroatoms. The van der Waals surface area contributed by atoms with Crippen molar-refractivity contribution in [3.63, 3.8) is 0 Å². The number of hydrogen-bond donors (Lipinski definition) is 0. The molecular formula is C19H19N3O6. The van der Waals surface area contributed by atoms with Gasteiger partial charge in [-0.05, 0) is 54.4 Å². The summed E-state index contributed by atoms with van der Waals surface area (Å²) in [5, 5.41) is 11.1. The van der Waals surface area contributed by atoms with Gasteiger partial charge < -0.3 is 19.6 Å². The van der Waals surface area contributed by atoms with Gasteiger partial charge in [0, 0.05) is 6.07 Å². The van der Waals surface area contributed by atoms with Crippen molar-refractivity contribution < 1.29 is 24.0 Å². The molecule has 1 amide bonds. The fraction of sp³-hybridized carbons (Fsp3) is 0.316. The molecule has 0 atom stereocenters. The minimum atomic E-state index is -1.16. The van der Waals surface area contributed by atoms with Crippen LogP contribution >= 0.6 is 0 Å². The maximum Gasteiger partial charge on any atom is 0.366 e. The first kappa shape index (κ1) is 19.3. The first-order valence-electron chi connectivity index (χ1n) is 8.65. The van der Waals surface area contributed by atoms with Gasteiger partial charge >= 0.3 is 11.8 Å². The molecule has 146 valence electrons. The number of benzene rings is 1. The van der Waals surface area contributed by atoms with Gasteiger partial charge in [-0.15, -0.1) is 0 Å². The molecule has 0 saturated carbocycles. The lowest BCUT2D eigenvalue weighted by molar-refractivity contribution is -0.389. The van der Waals surface area contributed by atoms with Crippen molar-refractivity contribution in [3.05, 3.63) is 57.6 Å². The second kappa shape index (κ2) is 7.26. The van der Waals surface area contributed by atoms with E-state index in [1.165, 1.54) is 17.0 Å². The third-order valence-corrected chi connectivity index (χ3v) is 4.17. The summed E-state index contributed by atoms with van der Waals surface area (Å²) < 4.78 is 10.7. The summed E-state index contributed by atoms with van der Waals surface area (Å²) in [4.78, 5) is 40.6. The van der Waals surface area contributed by atoms with Crippen molar-refractivity contribution >= 4 is 23.5 Å². The second-order valence-corrected chi connectivity index (χ2v) is 6.67. The molecule has 1 aromatic carbocycles. The number of rotatable bonds is 5. The molecule has 3 rings (SSSR count). The van der Waals surface area contributed by atoms with E-state index in [-0.39, 0.29) is 30.5 Å². The number of pyridine rings is 1. The number of aromatic nitrogens is 1. The predicted octanol–water partition coefficient (Wildman–Crippen LogP) is 2.87. The summed E-state index contributed by atoms with van der Waals surface area (Å²) in [6, 6.07) is 9.31. The second-order valence-electron chi connectivity index (χ2n) is 6.67. The summed E-state index contributed by atoms with van der Waals surface area (Å²) in [6.07, 6.45) is 0.